The first kappa shape index (κ1) is 22.0. The van der Waals surface area contributed by atoms with E-state index in [0.29, 0.717) is 11.3 Å². The molecule has 1 aromatic heterocycles. The molecule has 33 heavy (non-hydrogen) atoms. The Morgan fingerprint density at radius 2 is 1.64 bits per heavy atom. The number of aromatic amines is 1. The van der Waals surface area contributed by atoms with Gasteiger partial charge in [-0.3, -0.25) is 19.4 Å². The highest BCUT2D eigenvalue weighted by Crippen LogP contribution is 2.20. The summed E-state index contributed by atoms with van der Waals surface area (Å²) in [6, 6.07) is 17.2. The molecule has 2 amide bonds. The monoisotopic (exact) mass is 463 g/mol. The maximum absolute atomic E-state index is 12.8. The van der Waals surface area contributed by atoms with E-state index in [-0.39, 0.29) is 28.0 Å². The van der Waals surface area contributed by atoms with Gasteiger partial charge in [0.15, 0.2) is 0 Å². The van der Waals surface area contributed by atoms with Gasteiger partial charge in [0.2, 0.25) is 0 Å². The van der Waals surface area contributed by atoms with Crippen LogP contribution in [-0.4, -0.2) is 49.4 Å². The summed E-state index contributed by atoms with van der Waals surface area (Å²) in [7, 11) is -0.738. The first-order valence-electron chi connectivity index (χ1n) is 9.92. The number of nitrogens with zero attached hydrogens (tertiary/aromatic N) is 2. The summed E-state index contributed by atoms with van der Waals surface area (Å²) in [5.41, 5.74) is 2.32. The van der Waals surface area contributed by atoms with Crippen LogP contribution in [0.5, 0.6) is 0 Å². The van der Waals surface area contributed by atoms with E-state index in [1.54, 1.807) is 38.5 Å². The van der Waals surface area contributed by atoms with Crippen molar-refractivity contribution in [3.8, 4) is 0 Å². The molecule has 10 heteroatoms. The number of aromatic nitrogens is 2. The third-order valence-corrected chi connectivity index (χ3v) is 6.28. The SMILES string of the molecule is CN(C)C(=O)c1cccc(S(=O)(=O)Nc2ccc(C(=O)Nc3ccc4cn[nH]c4c3)cc2)c1. The van der Waals surface area contributed by atoms with Gasteiger partial charge in [0.1, 0.15) is 0 Å². The average Bonchev–Trinajstić information content (AvgIpc) is 3.26. The first-order chi connectivity index (χ1) is 15.7. The van der Waals surface area contributed by atoms with Crippen LogP contribution in [-0.2, 0) is 10.0 Å². The van der Waals surface area contributed by atoms with Gasteiger partial charge < -0.3 is 10.2 Å². The van der Waals surface area contributed by atoms with E-state index >= 15 is 0 Å². The number of anilines is 2. The van der Waals surface area contributed by atoms with Crippen LogP contribution in [0.3, 0.4) is 0 Å². The Labute approximate surface area is 190 Å². The van der Waals surface area contributed by atoms with Gasteiger partial charge in [-0.25, -0.2) is 8.42 Å². The molecule has 0 bridgehead atoms. The van der Waals surface area contributed by atoms with Crippen LogP contribution in [0.15, 0.2) is 77.8 Å². The van der Waals surface area contributed by atoms with E-state index in [1.165, 1.54) is 47.4 Å². The second-order valence-corrected chi connectivity index (χ2v) is 9.22. The highest BCUT2D eigenvalue weighted by Gasteiger charge is 2.17. The summed E-state index contributed by atoms with van der Waals surface area (Å²) in [5.74, 6) is -0.632. The predicted octanol–water partition coefficient (Wildman–Crippen LogP) is 3.32. The minimum Gasteiger partial charge on any atom is -0.345 e. The summed E-state index contributed by atoms with van der Waals surface area (Å²) < 4.78 is 28.0. The average molecular weight is 464 g/mol. The second-order valence-electron chi connectivity index (χ2n) is 7.54. The molecule has 0 aliphatic heterocycles. The van der Waals surface area contributed by atoms with E-state index < -0.39 is 10.0 Å². The molecular weight excluding hydrogens is 442 g/mol. The Kier molecular flexibility index (Phi) is 5.84. The molecule has 0 fully saturated rings. The largest absolute Gasteiger partial charge is 0.345 e. The summed E-state index contributed by atoms with van der Waals surface area (Å²) in [5, 5.41) is 10.5. The predicted molar refractivity (Wildman–Crippen MR) is 126 cm³/mol. The highest BCUT2D eigenvalue weighted by molar-refractivity contribution is 7.92. The van der Waals surface area contributed by atoms with Gasteiger partial charge in [-0.2, -0.15) is 5.10 Å². The molecule has 0 saturated heterocycles. The van der Waals surface area contributed by atoms with Gasteiger partial charge in [0.25, 0.3) is 21.8 Å². The second kappa shape index (κ2) is 8.75. The van der Waals surface area contributed by atoms with Crippen molar-refractivity contribution in [2.75, 3.05) is 24.1 Å². The van der Waals surface area contributed by atoms with Crippen molar-refractivity contribution in [2.24, 2.45) is 0 Å². The summed E-state index contributed by atoms with van der Waals surface area (Å²) in [6.45, 7) is 0. The number of hydrogen-bond acceptors (Lipinski definition) is 5. The fourth-order valence-electron chi connectivity index (χ4n) is 3.18. The van der Waals surface area contributed by atoms with Crippen molar-refractivity contribution in [1.29, 1.82) is 0 Å². The van der Waals surface area contributed by atoms with E-state index in [4.69, 9.17) is 0 Å². The van der Waals surface area contributed by atoms with Crippen LogP contribution in [0.4, 0.5) is 11.4 Å². The maximum Gasteiger partial charge on any atom is 0.261 e. The summed E-state index contributed by atoms with van der Waals surface area (Å²) in [6.07, 6.45) is 1.69. The Morgan fingerprint density at radius 1 is 0.909 bits per heavy atom. The molecule has 3 aromatic carbocycles. The molecule has 0 unspecified atom stereocenters. The number of rotatable bonds is 6. The van der Waals surface area contributed by atoms with Gasteiger partial charge in [-0.05, 0) is 60.7 Å². The quantitative estimate of drug-likeness (QED) is 0.405. The molecule has 1 heterocycles. The number of H-pyrrole nitrogens is 1. The molecule has 0 spiro atoms. The third-order valence-electron chi connectivity index (χ3n) is 4.90. The Balaban J connectivity index is 1.47. The smallest absolute Gasteiger partial charge is 0.261 e. The minimum atomic E-state index is -3.92. The zero-order valence-electron chi connectivity index (χ0n) is 17.9. The zero-order valence-corrected chi connectivity index (χ0v) is 18.7. The third kappa shape index (κ3) is 4.85. The van der Waals surface area contributed by atoms with Crippen LogP contribution in [0.2, 0.25) is 0 Å². The fraction of sp³-hybridized carbons (Fsp3) is 0.0870. The van der Waals surface area contributed by atoms with Gasteiger partial charge in [0, 0.05) is 42.0 Å². The van der Waals surface area contributed by atoms with Gasteiger partial charge in [-0.1, -0.05) is 6.07 Å². The molecular formula is C23H21N5O4S. The lowest BCUT2D eigenvalue weighted by atomic mass is 10.2. The Morgan fingerprint density at radius 3 is 2.36 bits per heavy atom. The molecule has 168 valence electrons. The van der Waals surface area contributed by atoms with Gasteiger partial charge >= 0.3 is 0 Å². The molecule has 0 saturated carbocycles. The van der Waals surface area contributed by atoms with Crippen LogP contribution in [0.25, 0.3) is 10.9 Å². The minimum absolute atomic E-state index is 0.0359. The molecule has 4 aromatic rings. The zero-order chi connectivity index (χ0) is 23.6. The molecule has 4 rings (SSSR count). The van der Waals surface area contributed by atoms with Crippen molar-refractivity contribution in [1.82, 2.24) is 15.1 Å². The number of benzene rings is 3. The van der Waals surface area contributed by atoms with Crippen LogP contribution in [0, 0.1) is 0 Å². The van der Waals surface area contributed by atoms with E-state index in [1.807, 2.05) is 6.07 Å². The molecule has 3 N–H and O–H groups in total. The van der Waals surface area contributed by atoms with Crippen LogP contribution >= 0.6 is 0 Å². The number of nitrogens with one attached hydrogen (secondary N) is 3. The molecule has 0 atom stereocenters. The van der Waals surface area contributed by atoms with Crippen molar-refractivity contribution < 1.29 is 18.0 Å². The Hall–Kier alpha value is -4.18. The number of carbonyl (C=O) groups excluding carboxylic acids is 2. The summed E-state index contributed by atoms with van der Waals surface area (Å²) in [4.78, 5) is 26.0. The maximum atomic E-state index is 12.8. The lowest BCUT2D eigenvalue weighted by Gasteiger charge is -2.12. The number of hydrogen-bond donors (Lipinski definition) is 3. The molecule has 0 aliphatic carbocycles. The van der Waals surface area contributed by atoms with E-state index in [0.717, 1.165) is 10.9 Å². The van der Waals surface area contributed by atoms with Crippen molar-refractivity contribution in [3.05, 3.63) is 84.1 Å². The van der Waals surface area contributed by atoms with E-state index in [9.17, 15) is 18.0 Å². The van der Waals surface area contributed by atoms with Crippen LogP contribution < -0.4 is 10.0 Å². The number of amides is 2. The lowest BCUT2D eigenvalue weighted by Crippen LogP contribution is -2.22. The Bertz CT molecular complexity index is 1440. The number of carbonyl (C=O) groups is 2. The topological polar surface area (TPSA) is 124 Å². The lowest BCUT2D eigenvalue weighted by molar-refractivity contribution is 0.0827. The fourth-order valence-corrected chi connectivity index (χ4v) is 4.28. The molecule has 9 nitrogen and oxygen atoms in total. The first-order valence-corrected chi connectivity index (χ1v) is 11.4. The normalized spacial score (nSPS) is 11.2. The summed E-state index contributed by atoms with van der Waals surface area (Å²) >= 11 is 0. The highest BCUT2D eigenvalue weighted by atomic mass is 32.2. The van der Waals surface area contributed by atoms with Gasteiger partial charge in [-0.15, -0.1) is 0 Å². The van der Waals surface area contributed by atoms with Crippen molar-refractivity contribution in [3.63, 3.8) is 0 Å². The van der Waals surface area contributed by atoms with Crippen molar-refractivity contribution in [2.45, 2.75) is 4.90 Å². The standard InChI is InChI=1S/C23H21N5O4S/c1-28(2)23(30)16-4-3-5-20(12-16)33(31,32)27-18-9-6-15(7-10-18)22(29)25-19-11-8-17-14-24-26-21(17)13-19/h3-14,27H,1-2H3,(H,24,26)(H,25,29). The van der Waals surface area contributed by atoms with Crippen LogP contribution in [0.1, 0.15) is 20.7 Å². The van der Waals surface area contributed by atoms with Gasteiger partial charge in [0.05, 0.1) is 16.6 Å². The molecule has 0 aliphatic rings. The number of fused-ring (bicyclic) bond motifs is 1. The molecule has 0 radical (unpaired) electrons. The number of sulfonamides is 1. The van der Waals surface area contributed by atoms with E-state index in [2.05, 4.69) is 20.2 Å². The van der Waals surface area contributed by atoms with Crippen molar-refractivity contribution >= 4 is 44.1 Å².